The molecule has 0 saturated carbocycles. The molecule has 0 unspecified atom stereocenters. The zero-order chi connectivity index (χ0) is 19.9. The van der Waals surface area contributed by atoms with Crippen molar-refractivity contribution in [1.29, 1.82) is 0 Å². The number of carbonyl (C=O) groups excluding carboxylic acids is 1. The van der Waals surface area contributed by atoms with E-state index in [1.807, 2.05) is 0 Å². The van der Waals surface area contributed by atoms with Crippen LogP contribution in [0.3, 0.4) is 0 Å². The number of hydrogen-bond donors (Lipinski definition) is 0. The predicted molar refractivity (Wildman–Crippen MR) is 86.4 cm³/mol. The second-order valence-corrected chi connectivity index (χ2v) is 6.36. The summed E-state index contributed by atoms with van der Waals surface area (Å²) in [6, 6.07) is -0.500. The quantitative estimate of drug-likeness (QED) is 0.777. The predicted octanol–water partition coefficient (Wildman–Crippen LogP) is 0.820. The van der Waals surface area contributed by atoms with E-state index in [2.05, 4.69) is 10.2 Å². The van der Waals surface area contributed by atoms with Crippen LogP contribution >= 0.6 is 0 Å². The molecule has 3 heterocycles. The summed E-state index contributed by atoms with van der Waals surface area (Å²) in [7, 11) is 4.12. The highest BCUT2D eigenvalue weighted by atomic mass is 19.4. The average Bonchev–Trinajstić information content (AvgIpc) is 3.14. The van der Waals surface area contributed by atoms with Gasteiger partial charge in [-0.25, -0.2) is 9.48 Å². The number of hydrogen-bond acceptors (Lipinski definition) is 5. The first kappa shape index (κ1) is 19.0. The molecule has 0 spiro atoms. The van der Waals surface area contributed by atoms with Crippen LogP contribution < -0.4 is 10.4 Å². The van der Waals surface area contributed by atoms with Crippen molar-refractivity contribution in [3.63, 3.8) is 0 Å². The Kier molecular flexibility index (Phi) is 4.74. The largest absolute Gasteiger partial charge is 0.479 e. The number of aryl methyl sites for hydroxylation is 1. The molecule has 0 aliphatic carbocycles. The highest BCUT2D eigenvalue weighted by Crippen LogP contribution is 2.28. The first-order valence-corrected chi connectivity index (χ1v) is 8.23. The second kappa shape index (κ2) is 6.74. The fourth-order valence-electron chi connectivity index (χ4n) is 3.19. The van der Waals surface area contributed by atoms with Crippen LogP contribution in [-0.2, 0) is 20.3 Å². The van der Waals surface area contributed by atoms with Gasteiger partial charge in [-0.1, -0.05) is 0 Å². The number of nitrogens with zero attached hydrogens (tertiary/aromatic N) is 6. The maximum absolute atomic E-state index is 12.9. The minimum absolute atomic E-state index is 0.209. The molecule has 3 rings (SSSR count). The average molecular weight is 388 g/mol. The van der Waals surface area contributed by atoms with Gasteiger partial charge in [0.05, 0.1) is 13.2 Å². The molecule has 1 aliphatic heterocycles. The van der Waals surface area contributed by atoms with Gasteiger partial charge in [0.1, 0.15) is 5.56 Å². The lowest BCUT2D eigenvalue weighted by atomic mass is 10.0. The summed E-state index contributed by atoms with van der Waals surface area (Å²) in [6.45, 7) is 0.567. The molecular formula is C15H19F3N6O3. The van der Waals surface area contributed by atoms with E-state index in [1.165, 1.54) is 11.8 Å². The second-order valence-electron chi connectivity index (χ2n) is 6.36. The molecule has 1 fully saturated rings. The summed E-state index contributed by atoms with van der Waals surface area (Å²) in [5.74, 6) is -1.30. The molecule has 1 saturated heterocycles. The van der Waals surface area contributed by atoms with Crippen molar-refractivity contribution in [2.75, 3.05) is 20.2 Å². The lowest BCUT2D eigenvalue weighted by molar-refractivity contribution is -0.147. The van der Waals surface area contributed by atoms with Gasteiger partial charge < -0.3 is 9.64 Å². The van der Waals surface area contributed by atoms with Crippen LogP contribution in [0, 0.1) is 0 Å². The maximum atomic E-state index is 12.9. The van der Waals surface area contributed by atoms with E-state index in [9.17, 15) is 22.8 Å². The Morgan fingerprint density at radius 3 is 2.37 bits per heavy atom. The molecule has 27 heavy (non-hydrogen) atoms. The SMILES string of the molecule is COc1nn(C)cc1C(=O)N1CCC(n2nc(C(F)(F)F)n(C)c2=O)CC1. The zero-order valence-corrected chi connectivity index (χ0v) is 15.0. The third-order valence-electron chi connectivity index (χ3n) is 4.57. The van der Waals surface area contributed by atoms with Crippen molar-refractivity contribution in [1.82, 2.24) is 29.0 Å². The van der Waals surface area contributed by atoms with Gasteiger partial charge in [-0.15, -0.1) is 10.2 Å². The topological polar surface area (TPSA) is 87.2 Å². The van der Waals surface area contributed by atoms with Gasteiger partial charge in [0.25, 0.3) is 5.91 Å². The van der Waals surface area contributed by atoms with Gasteiger partial charge in [-0.05, 0) is 12.8 Å². The van der Waals surface area contributed by atoms with Gasteiger partial charge in [0.2, 0.25) is 11.7 Å². The Labute approximate surface area is 151 Å². The number of alkyl halides is 3. The number of halogens is 3. The smallest absolute Gasteiger partial charge is 0.451 e. The van der Waals surface area contributed by atoms with E-state index < -0.39 is 23.7 Å². The zero-order valence-electron chi connectivity index (χ0n) is 15.0. The number of amides is 1. The minimum Gasteiger partial charge on any atom is -0.479 e. The number of piperidine rings is 1. The summed E-state index contributed by atoms with van der Waals surface area (Å²) in [5, 5.41) is 7.51. The van der Waals surface area contributed by atoms with E-state index >= 15 is 0 Å². The molecule has 2 aromatic rings. The molecule has 0 aromatic carbocycles. The molecule has 1 amide bonds. The van der Waals surface area contributed by atoms with Crippen molar-refractivity contribution >= 4 is 5.91 Å². The van der Waals surface area contributed by atoms with Crippen LogP contribution in [0.2, 0.25) is 0 Å². The molecule has 0 atom stereocenters. The molecule has 2 aromatic heterocycles. The molecule has 1 aliphatic rings. The van der Waals surface area contributed by atoms with Crippen molar-refractivity contribution in [2.45, 2.75) is 25.1 Å². The van der Waals surface area contributed by atoms with Gasteiger partial charge in [-0.3, -0.25) is 14.0 Å². The summed E-state index contributed by atoms with van der Waals surface area (Å²) in [4.78, 5) is 26.3. The summed E-state index contributed by atoms with van der Waals surface area (Å²) in [6.07, 6.45) is -2.51. The van der Waals surface area contributed by atoms with E-state index in [1.54, 1.807) is 18.1 Å². The van der Waals surface area contributed by atoms with E-state index in [0.717, 1.165) is 11.7 Å². The van der Waals surface area contributed by atoms with Gasteiger partial charge in [0.15, 0.2) is 0 Å². The lowest BCUT2D eigenvalue weighted by Gasteiger charge is -2.31. The lowest BCUT2D eigenvalue weighted by Crippen LogP contribution is -2.41. The molecule has 0 N–H and O–H groups in total. The van der Waals surface area contributed by atoms with Gasteiger partial charge in [0, 0.05) is 33.4 Å². The van der Waals surface area contributed by atoms with E-state index in [4.69, 9.17) is 4.74 Å². The third-order valence-corrected chi connectivity index (χ3v) is 4.57. The molecule has 0 radical (unpaired) electrons. The van der Waals surface area contributed by atoms with Crippen LogP contribution in [0.5, 0.6) is 5.88 Å². The fraction of sp³-hybridized carbons (Fsp3) is 0.600. The highest BCUT2D eigenvalue weighted by molar-refractivity contribution is 5.96. The Balaban J connectivity index is 1.74. The normalized spacial score (nSPS) is 16.0. The summed E-state index contributed by atoms with van der Waals surface area (Å²) in [5.41, 5.74) is -0.506. The number of likely N-dealkylation sites (tertiary alicyclic amines) is 1. The first-order chi connectivity index (χ1) is 12.6. The Hall–Kier alpha value is -2.79. The number of aromatic nitrogens is 5. The van der Waals surface area contributed by atoms with Gasteiger partial charge >= 0.3 is 11.9 Å². The number of rotatable bonds is 3. The van der Waals surface area contributed by atoms with Crippen LogP contribution in [-0.4, -0.2) is 55.1 Å². The minimum atomic E-state index is -4.70. The molecule has 0 bridgehead atoms. The van der Waals surface area contributed by atoms with Crippen LogP contribution in [0.25, 0.3) is 0 Å². The van der Waals surface area contributed by atoms with Crippen LogP contribution in [0.15, 0.2) is 11.0 Å². The van der Waals surface area contributed by atoms with Crippen LogP contribution in [0.4, 0.5) is 13.2 Å². The number of methoxy groups -OCH3 is 1. The number of carbonyl (C=O) groups is 1. The molecule has 148 valence electrons. The highest BCUT2D eigenvalue weighted by Gasteiger charge is 2.39. The van der Waals surface area contributed by atoms with Crippen molar-refractivity contribution in [3.05, 3.63) is 28.1 Å². The number of ether oxygens (including phenoxy) is 1. The summed E-state index contributed by atoms with van der Waals surface area (Å²) < 4.78 is 46.7. The van der Waals surface area contributed by atoms with Gasteiger partial charge in [-0.2, -0.15) is 13.2 Å². The fourth-order valence-corrected chi connectivity index (χ4v) is 3.19. The standard InChI is InChI=1S/C15H19F3N6O3/c1-21-8-10(11(19-21)27-3)12(25)23-6-4-9(5-7-23)24-14(26)22(2)13(20-24)15(16,17)18/h8-9H,4-7H2,1-3H3. The molecule has 9 nitrogen and oxygen atoms in total. The van der Waals surface area contributed by atoms with Crippen LogP contribution in [0.1, 0.15) is 35.1 Å². The Bertz CT molecular complexity index is 905. The molecular weight excluding hydrogens is 369 g/mol. The maximum Gasteiger partial charge on any atom is 0.451 e. The van der Waals surface area contributed by atoms with Crippen molar-refractivity contribution in [3.8, 4) is 5.88 Å². The molecule has 12 heteroatoms. The Morgan fingerprint density at radius 1 is 1.22 bits per heavy atom. The third kappa shape index (κ3) is 3.43. The van der Waals surface area contributed by atoms with E-state index in [0.29, 0.717) is 23.0 Å². The monoisotopic (exact) mass is 388 g/mol. The summed E-state index contributed by atoms with van der Waals surface area (Å²) >= 11 is 0. The van der Waals surface area contributed by atoms with Crippen molar-refractivity contribution in [2.24, 2.45) is 14.1 Å². The van der Waals surface area contributed by atoms with E-state index in [-0.39, 0.29) is 24.9 Å². The first-order valence-electron chi connectivity index (χ1n) is 8.23. The Morgan fingerprint density at radius 2 is 1.85 bits per heavy atom. The van der Waals surface area contributed by atoms with Crippen molar-refractivity contribution < 1.29 is 22.7 Å².